The van der Waals surface area contributed by atoms with Gasteiger partial charge in [0.15, 0.2) is 0 Å². The van der Waals surface area contributed by atoms with Gasteiger partial charge in [-0.2, -0.15) is 0 Å². The van der Waals surface area contributed by atoms with Crippen molar-refractivity contribution in [3.05, 3.63) is 111 Å². The Bertz CT molecular complexity index is 1580. The fraction of sp³-hybridized carbons (Fsp3) is 0.0400. The molecule has 0 unspecified atom stereocenters. The second-order valence-corrected chi connectivity index (χ2v) is 7.45. The normalized spacial score (nSPS) is 11.5. The molecule has 0 saturated heterocycles. The number of aryl methyl sites for hydroxylation is 1. The molecular weight excluding hydrogens is 404 g/mol. The van der Waals surface area contributed by atoms with E-state index in [9.17, 15) is 14.9 Å². The molecular formula is C25H18N4O3. The number of hydrogen-bond donors (Lipinski definition) is 0. The summed E-state index contributed by atoms with van der Waals surface area (Å²) in [5, 5.41) is 12.6. The maximum atomic E-state index is 13.3. The quantitative estimate of drug-likeness (QED) is 0.303. The summed E-state index contributed by atoms with van der Waals surface area (Å²) in [6.07, 6.45) is 5.76. The van der Waals surface area contributed by atoms with Gasteiger partial charge < -0.3 is 4.57 Å². The van der Waals surface area contributed by atoms with Gasteiger partial charge in [0, 0.05) is 41.8 Å². The third kappa shape index (κ3) is 3.26. The lowest BCUT2D eigenvalue weighted by atomic mass is 10.1. The van der Waals surface area contributed by atoms with Crippen LogP contribution >= 0.6 is 0 Å². The first-order valence-corrected chi connectivity index (χ1v) is 10.0. The summed E-state index contributed by atoms with van der Waals surface area (Å²) in [6.45, 7) is 0. The number of nitrogens with zero attached hydrogens (tertiary/aromatic N) is 4. The van der Waals surface area contributed by atoms with Crippen molar-refractivity contribution in [2.75, 3.05) is 0 Å². The first-order chi connectivity index (χ1) is 15.5. The Hall–Kier alpha value is -4.52. The van der Waals surface area contributed by atoms with Gasteiger partial charge >= 0.3 is 0 Å². The Labute approximate surface area is 182 Å². The van der Waals surface area contributed by atoms with E-state index < -0.39 is 4.92 Å². The fourth-order valence-corrected chi connectivity index (χ4v) is 3.90. The van der Waals surface area contributed by atoms with Crippen LogP contribution in [-0.4, -0.2) is 19.0 Å². The smallest absolute Gasteiger partial charge is 0.269 e. The molecule has 0 aliphatic heterocycles. The van der Waals surface area contributed by atoms with E-state index >= 15 is 0 Å². The van der Waals surface area contributed by atoms with Crippen molar-refractivity contribution in [1.82, 2.24) is 14.1 Å². The number of benzene rings is 3. The van der Waals surface area contributed by atoms with Crippen LogP contribution in [0.15, 0.2) is 83.8 Å². The van der Waals surface area contributed by atoms with Crippen LogP contribution in [0.1, 0.15) is 11.4 Å². The van der Waals surface area contributed by atoms with Crippen molar-refractivity contribution in [3.63, 3.8) is 0 Å². The monoisotopic (exact) mass is 422 g/mol. The van der Waals surface area contributed by atoms with Gasteiger partial charge in [0.2, 0.25) is 0 Å². The van der Waals surface area contributed by atoms with Crippen LogP contribution in [0.5, 0.6) is 0 Å². The third-order valence-corrected chi connectivity index (χ3v) is 5.46. The SMILES string of the molecule is Cn1cc(/C=C\c2nc3ccccc3c(=O)n2-c2ccc([N+](=O)[O-])cc2)c2ccccc21. The van der Waals surface area contributed by atoms with Gasteiger partial charge in [0.1, 0.15) is 5.82 Å². The van der Waals surface area contributed by atoms with Crippen LogP contribution in [0, 0.1) is 10.1 Å². The molecule has 0 radical (unpaired) electrons. The number of nitro groups is 1. The highest BCUT2D eigenvalue weighted by atomic mass is 16.6. The summed E-state index contributed by atoms with van der Waals surface area (Å²) < 4.78 is 3.53. The lowest BCUT2D eigenvalue weighted by Gasteiger charge is -2.11. The van der Waals surface area contributed by atoms with Crippen LogP contribution in [0.4, 0.5) is 5.69 Å². The summed E-state index contributed by atoms with van der Waals surface area (Å²) in [5.74, 6) is 0.440. The number of nitro benzene ring substituents is 1. The molecule has 7 heteroatoms. The molecule has 5 rings (SSSR count). The number of rotatable bonds is 4. The molecule has 0 amide bonds. The highest BCUT2D eigenvalue weighted by molar-refractivity contribution is 5.92. The predicted octanol–water partition coefficient (Wildman–Crippen LogP) is 4.96. The average molecular weight is 422 g/mol. The van der Waals surface area contributed by atoms with Crippen molar-refractivity contribution in [2.24, 2.45) is 7.05 Å². The summed E-state index contributed by atoms with van der Waals surface area (Å²) in [5.41, 5.74) is 2.93. The molecule has 0 atom stereocenters. The number of para-hydroxylation sites is 2. The molecule has 0 N–H and O–H groups in total. The molecule has 7 nitrogen and oxygen atoms in total. The third-order valence-electron chi connectivity index (χ3n) is 5.46. The Morgan fingerprint density at radius 1 is 0.906 bits per heavy atom. The highest BCUT2D eigenvalue weighted by Crippen LogP contribution is 2.23. The lowest BCUT2D eigenvalue weighted by molar-refractivity contribution is -0.384. The molecule has 0 spiro atoms. The van der Waals surface area contributed by atoms with Gasteiger partial charge in [-0.3, -0.25) is 19.5 Å². The minimum absolute atomic E-state index is 0.0385. The summed E-state index contributed by atoms with van der Waals surface area (Å²) in [7, 11) is 1.99. The van der Waals surface area contributed by atoms with E-state index in [2.05, 4.69) is 0 Å². The van der Waals surface area contributed by atoms with E-state index in [-0.39, 0.29) is 11.2 Å². The first-order valence-electron chi connectivity index (χ1n) is 10.0. The Morgan fingerprint density at radius 3 is 2.34 bits per heavy atom. The average Bonchev–Trinajstić information content (AvgIpc) is 3.14. The highest BCUT2D eigenvalue weighted by Gasteiger charge is 2.13. The number of fused-ring (bicyclic) bond motifs is 2. The zero-order valence-electron chi connectivity index (χ0n) is 17.2. The van der Waals surface area contributed by atoms with Crippen LogP contribution < -0.4 is 5.56 Å². The second-order valence-electron chi connectivity index (χ2n) is 7.45. The summed E-state index contributed by atoms with van der Waals surface area (Å²) in [4.78, 5) is 28.6. The van der Waals surface area contributed by atoms with Crippen molar-refractivity contribution >= 4 is 39.6 Å². The molecule has 0 bridgehead atoms. The van der Waals surface area contributed by atoms with Gasteiger partial charge in [-0.15, -0.1) is 0 Å². The lowest BCUT2D eigenvalue weighted by Crippen LogP contribution is -2.22. The van der Waals surface area contributed by atoms with E-state index in [4.69, 9.17) is 4.98 Å². The van der Waals surface area contributed by atoms with E-state index in [1.54, 1.807) is 36.4 Å². The van der Waals surface area contributed by atoms with Gasteiger partial charge in [-0.1, -0.05) is 30.3 Å². The maximum Gasteiger partial charge on any atom is 0.269 e. The second kappa shape index (κ2) is 7.63. The largest absolute Gasteiger partial charge is 0.350 e. The van der Waals surface area contributed by atoms with Crippen LogP contribution in [0.25, 0.3) is 39.6 Å². The minimum Gasteiger partial charge on any atom is -0.350 e. The van der Waals surface area contributed by atoms with E-state index in [1.165, 1.54) is 16.7 Å². The summed E-state index contributed by atoms with van der Waals surface area (Å²) >= 11 is 0. The van der Waals surface area contributed by atoms with Gasteiger partial charge in [-0.25, -0.2) is 4.98 Å². The Morgan fingerprint density at radius 2 is 1.59 bits per heavy atom. The standard InChI is InChI=1S/C25H18N4O3/c1-27-16-17(20-6-3-5-9-23(20)27)10-15-24-26-22-8-4-2-7-21(22)25(30)28(24)18-11-13-19(14-12-18)29(31)32/h2-16H,1H3/b15-10-. The fourth-order valence-electron chi connectivity index (χ4n) is 3.90. The molecule has 156 valence electrons. The first kappa shape index (κ1) is 19.4. The Balaban J connectivity index is 1.71. The molecule has 2 aromatic heterocycles. The van der Waals surface area contributed by atoms with Crippen LogP contribution in [-0.2, 0) is 7.05 Å². The van der Waals surface area contributed by atoms with E-state index in [0.29, 0.717) is 22.4 Å². The predicted molar refractivity (Wildman–Crippen MR) is 126 cm³/mol. The zero-order chi connectivity index (χ0) is 22.2. The van der Waals surface area contributed by atoms with Crippen molar-refractivity contribution in [1.29, 1.82) is 0 Å². The molecule has 3 aromatic carbocycles. The van der Waals surface area contributed by atoms with Gasteiger partial charge in [-0.05, 0) is 42.5 Å². The minimum atomic E-state index is -0.466. The van der Waals surface area contributed by atoms with Gasteiger partial charge in [0.05, 0.1) is 21.5 Å². The topological polar surface area (TPSA) is 83.0 Å². The molecule has 0 aliphatic carbocycles. The molecule has 32 heavy (non-hydrogen) atoms. The molecule has 2 heterocycles. The molecule has 0 saturated carbocycles. The zero-order valence-corrected chi connectivity index (χ0v) is 17.2. The molecule has 5 aromatic rings. The number of aromatic nitrogens is 3. The number of hydrogen-bond acceptors (Lipinski definition) is 4. The van der Waals surface area contributed by atoms with Crippen molar-refractivity contribution in [2.45, 2.75) is 0 Å². The summed E-state index contributed by atoms with van der Waals surface area (Å²) in [6, 6.07) is 21.1. The van der Waals surface area contributed by atoms with E-state index in [0.717, 1.165) is 16.5 Å². The molecule has 0 aliphatic rings. The van der Waals surface area contributed by atoms with Crippen LogP contribution in [0.2, 0.25) is 0 Å². The number of non-ortho nitro benzene ring substituents is 1. The maximum absolute atomic E-state index is 13.3. The van der Waals surface area contributed by atoms with Crippen molar-refractivity contribution in [3.8, 4) is 5.69 Å². The van der Waals surface area contributed by atoms with Crippen LogP contribution in [0.3, 0.4) is 0 Å². The van der Waals surface area contributed by atoms with Crippen molar-refractivity contribution < 1.29 is 4.92 Å². The van der Waals surface area contributed by atoms with Gasteiger partial charge in [0.25, 0.3) is 11.2 Å². The molecule has 0 fully saturated rings. The Kier molecular flexibility index (Phi) is 4.63. The van der Waals surface area contributed by atoms with E-state index in [1.807, 2.05) is 54.2 Å².